The minimum Gasteiger partial charge on any atom is -0.368 e. The summed E-state index contributed by atoms with van der Waals surface area (Å²) < 4.78 is 42.3. The van der Waals surface area contributed by atoms with E-state index >= 15 is 0 Å². The fourth-order valence-corrected chi connectivity index (χ4v) is 2.07. The second-order valence-electron chi connectivity index (χ2n) is 4.51. The van der Waals surface area contributed by atoms with Crippen molar-refractivity contribution in [2.24, 2.45) is 5.73 Å². The van der Waals surface area contributed by atoms with E-state index in [4.69, 9.17) is 10.5 Å². The molecule has 0 aliphatic heterocycles. The van der Waals surface area contributed by atoms with Crippen LogP contribution in [0.4, 0.5) is 13.2 Å². The summed E-state index contributed by atoms with van der Waals surface area (Å²) in [5.41, 5.74) is 5.74. The molecule has 0 heterocycles. The maximum Gasteiger partial charge on any atom is 0.415 e. The van der Waals surface area contributed by atoms with Gasteiger partial charge in [-0.3, -0.25) is 0 Å². The highest BCUT2D eigenvalue weighted by Gasteiger charge is 2.40. The molecule has 0 radical (unpaired) electrons. The molecule has 6 heteroatoms. The zero-order valence-corrected chi connectivity index (χ0v) is 10.1. The Hall–Kier alpha value is -0.330. The summed E-state index contributed by atoms with van der Waals surface area (Å²) in [6.45, 7) is 1.47. The second kappa shape index (κ2) is 6.56. The van der Waals surface area contributed by atoms with Crippen molar-refractivity contribution in [2.45, 2.75) is 57.0 Å². The lowest BCUT2D eigenvalue weighted by Gasteiger charge is -2.29. The van der Waals surface area contributed by atoms with Gasteiger partial charge in [-0.1, -0.05) is 0 Å². The van der Waals surface area contributed by atoms with Crippen LogP contribution in [0.3, 0.4) is 0 Å². The van der Waals surface area contributed by atoms with Gasteiger partial charge in [0.1, 0.15) is 0 Å². The van der Waals surface area contributed by atoms with Gasteiger partial charge in [-0.2, -0.15) is 13.2 Å². The summed E-state index contributed by atoms with van der Waals surface area (Å²) in [5, 5.41) is 2.93. The van der Waals surface area contributed by atoms with Gasteiger partial charge in [-0.15, -0.1) is 0 Å². The monoisotopic (exact) mass is 254 g/mol. The standard InChI is InChI=1S/C11H21F3N2O/c1-2-17-10(11(12,13)14)7-16-9-5-3-8(15)4-6-9/h8-10,16H,2-7,15H2,1H3/t8?,9?,10-/m1/s1. The number of halogens is 3. The molecule has 1 rings (SSSR count). The highest BCUT2D eigenvalue weighted by molar-refractivity contribution is 4.81. The Morgan fingerprint density at radius 2 is 1.88 bits per heavy atom. The van der Waals surface area contributed by atoms with E-state index in [-0.39, 0.29) is 25.2 Å². The molecule has 1 atom stereocenters. The number of nitrogens with one attached hydrogen (secondary N) is 1. The summed E-state index contributed by atoms with van der Waals surface area (Å²) in [6, 6.07) is 0.346. The fourth-order valence-electron chi connectivity index (χ4n) is 2.07. The highest BCUT2D eigenvalue weighted by Crippen LogP contribution is 2.23. The van der Waals surface area contributed by atoms with Crippen molar-refractivity contribution in [3.05, 3.63) is 0 Å². The molecule has 3 N–H and O–H groups in total. The maximum absolute atomic E-state index is 12.5. The van der Waals surface area contributed by atoms with Crippen molar-refractivity contribution in [1.29, 1.82) is 0 Å². The number of hydrogen-bond acceptors (Lipinski definition) is 3. The predicted molar refractivity (Wildman–Crippen MR) is 59.7 cm³/mol. The number of alkyl halides is 3. The summed E-state index contributed by atoms with van der Waals surface area (Å²) in [6.07, 6.45) is -2.56. The Kier molecular flexibility index (Phi) is 5.69. The fraction of sp³-hybridized carbons (Fsp3) is 1.00. The lowest BCUT2D eigenvalue weighted by atomic mass is 9.92. The summed E-state index contributed by atoms with van der Waals surface area (Å²) in [4.78, 5) is 0. The van der Waals surface area contributed by atoms with Gasteiger partial charge in [-0.25, -0.2) is 0 Å². The second-order valence-corrected chi connectivity index (χ2v) is 4.51. The van der Waals surface area contributed by atoms with E-state index in [9.17, 15) is 13.2 Å². The third kappa shape index (κ3) is 5.23. The van der Waals surface area contributed by atoms with Crippen LogP contribution < -0.4 is 11.1 Å². The zero-order valence-electron chi connectivity index (χ0n) is 10.1. The van der Waals surface area contributed by atoms with Crippen LogP contribution in [0.1, 0.15) is 32.6 Å². The van der Waals surface area contributed by atoms with Crippen LogP contribution in [-0.4, -0.2) is 37.5 Å². The molecule has 1 saturated carbocycles. The number of rotatable bonds is 5. The molecule has 0 aromatic rings. The number of ether oxygens (including phenoxy) is 1. The van der Waals surface area contributed by atoms with Gasteiger partial charge in [0, 0.05) is 25.2 Å². The van der Waals surface area contributed by atoms with Crippen LogP contribution in [0.5, 0.6) is 0 Å². The van der Waals surface area contributed by atoms with Crippen molar-refractivity contribution < 1.29 is 17.9 Å². The van der Waals surface area contributed by atoms with Crippen LogP contribution in [0.25, 0.3) is 0 Å². The third-order valence-corrected chi connectivity index (χ3v) is 3.10. The Labute approximate surface area is 99.9 Å². The van der Waals surface area contributed by atoms with Crippen molar-refractivity contribution in [3.63, 3.8) is 0 Å². The van der Waals surface area contributed by atoms with Gasteiger partial charge in [0.05, 0.1) is 0 Å². The minimum absolute atomic E-state index is 0.0708. The summed E-state index contributed by atoms with van der Waals surface area (Å²) >= 11 is 0. The molecule has 0 unspecified atom stereocenters. The molecule has 0 spiro atoms. The summed E-state index contributed by atoms with van der Waals surface area (Å²) in [7, 11) is 0. The molecular formula is C11H21F3N2O. The average Bonchev–Trinajstić information content (AvgIpc) is 2.25. The SMILES string of the molecule is CCO[C@H](CNC1CCC(N)CC1)C(F)(F)F. The van der Waals surface area contributed by atoms with E-state index < -0.39 is 12.3 Å². The molecule has 0 aromatic heterocycles. The van der Waals surface area contributed by atoms with Crippen LogP contribution >= 0.6 is 0 Å². The first-order valence-electron chi connectivity index (χ1n) is 6.10. The molecule has 0 bridgehead atoms. The first-order chi connectivity index (χ1) is 7.93. The van der Waals surface area contributed by atoms with Gasteiger partial charge < -0.3 is 15.8 Å². The molecule has 1 fully saturated rings. The summed E-state index contributed by atoms with van der Waals surface area (Å²) in [5.74, 6) is 0. The topological polar surface area (TPSA) is 47.3 Å². The molecule has 3 nitrogen and oxygen atoms in total. The van der Waals surface area contributed by atoms with Gasteiger partial charge in [-0.05, 0) is 32.6 Å². The smallest absolute Gasteiger partial charge is 0.368 e. The largest absolute Gasteiger partial charge is 0.415 e. The van der Waals surface area contributed by atoms with Crippen LogP contribution in [0.2, 0.25) is 0 Å². The Bertz CT molecular complexity index is 215. The molecule has 1 aliphatic carbocycles. The van der Waals surface area contributed by atoms with E-state index in [1.807, 2.05) is 0 Å². The molecule has 17 heavy (non-hydrogen) atoms. The van der Waals surface area contributed by atoms with Gasteiger partial charge in [0.25, 0.3) is 0 Å². The minimum atomic E-state index is -4.30. The predicted octanol–water partition coefficient (Wildman–Crippen LogP) is 1.81. The van der Waals surface area contributed by atoms with Gasteiger partial charge >= 0.3 is 6.18 Å². The van der Waals surface area contributed by atoms with E-state index in [1.54, 1.807) is 6.92 Å². The number of nitrogens with two attached hydrogens (primary N) is 1. The molecule has 102 valence electrons. The molecule has 0 aromatic carbocycles. The number of hydrogen-bond donors (Lipinski definition) is 2. The van der Waals surface area contributed by atoms with Crippen LogP contribution in [0, 0.1) is 0 Å². The molecule has 0 amide bonds. The normalized spacial score (nSPS) is 28.1. The Morgan fingerprint density at radius 1 is 1.29 bits per heavy atom. The molecule has 1 aliphatic rings. The van der Waals surface area contributed by atoms with Crippen LogP contribution in [-0.2, 0) is 4.74 Å². The van der Waals surface area contributed by atoms with Crippen molar-refractivity contribution in [2.75, 3.05) is 13.2 Å². The van der Waals surface area contributed by atoms with Crippen molar-refractivity contribution in [1.82, 2.24) is 5.32 Å². The van der Waals surface area contributed by atoms with E-state index in [0.29, 0.717) is 0 Å². The van der Waals surface area contributed by atoms with Crippen LogP contribution in [0.15, 0.2) is 0 Å². The van der Waals surface area contributed by atoms with E-state index in [1.165, 1.54) is 0 Å². The molecule has 0 saturated heterocycles. The van der Waals surface area contributed by atoms with Crippen molar-refractivity contribution >= 4 is 0 Å². The Balaban J connectivity index is 2.31. The first kappa shape index (κ1) is 14.7. The van der Waals surface area contributed by atoms with Gasteiger partial charge in [0.2, 0.25) is 0 Å². The van der Waals surface area contributed by atoms with Crippen molar-refractivity contribution in [3.8, 4) is 0 Å². The quantitative estimate of drug-likeness (QED) is 0.786. The Morgan fingerprint density at radius 3 is 2.35 bits per heavy atom. The highest BCUT2D eigenvalue weighted by atomic mass is 19.4. The first-order valence-corrected chi connectivity index (χ1v) is 6.10. The third-order valence-electron chi connectivity index (χ3n) is 3.10. The lowest BCUT2D eigenvalue weighted by molar-refractivity contribution is -0.217. The van der Waals surface area contributed by atoms with E-state index in [0.717, 1.165) is 25.7 Å². The maximum atomic E-state index is 12.5. The average molecular weight is 254 g/mol. The van der Waals surface area contributed by atoms with Gasteiger partial charge in [0.15, 0.2) is 6.10 Å². The zero-order chi connectivity index (χ0) is 12.9. The lowest BCUT2D eigenvalue weighted by Crippen LogP contribution is -2.46. The van der Waals surface area contributed by atoms with E-state index in [2.05, 4.69) is 5.32 Å². The molecular weight excluding hydrogens is 233 g/mol.